The van der Waals surface area contributed by atoms with Gasteiger partial charge in [0.2, 0.25) is 0 Å². The second-order valence-corrected chi connectivity index (χ2v) is 17.6. The third-order valence-electron chi connectivity index (χ3n) is 14.3. The fraction of sp³-hybridized carbons (Fsp3) is 0.172. The quantitative estimate of drug-likeness (QED) is 0.169. The van der Waals surface area contributed by atoms with Gasteiger partial charge in [-0.3, -0.25) is 0 Å². The number of hydrogen-bond donors (Lipinski definition) is 0. The average Bonchev–Trinajstić information content (AvgIpc) is 3.85. The zero-order valence-electron chi connectivity index (χ0n) is 34.8. The van der Waals surface area contributed by atoms with E-state index in [0.29, 0.717) is 0 Å². The Labute approximate surface area is 350 Å². The van der Waals surface area contributed by atoms with Crippen LogP contribution in [0.4, 0.5) is 17.1 Å². The Morgan fingerprint density at radius 3 is 1.44 bits per heavy atom. The van der Waals surface area contributed by atoms with Crippen molar-refractivity contribution in [2.45, 2.75) is 62.7 Å². The lowest BCUT2D eigenvalue weighted by atomic mass is 9.70. The van der Waals surface area contributed by atoms with E-state index in [1.807, 2.05) is 0 Å². The van der Waals surface area contributed by atoms with E-state index in [2.05, 4.69) is 201 Å². The van der Waals surface area contributed by atoms with Crippen LogP contribution in [0.3, 0.4) is 0 Å². The molecule has 1 heteroatoms. The minimum absolute atomic E-state index is 0.0714. The normalized spacial score (nSPS) is 16.9. The first-order valence-corrected chi connectivity index (χ1v) is 21.6. The molecule has 1 saturated carbocycles. The summed E-state index contributed by atoms with van der Waals surface area (Å²) in [5, 5.41) is 0. The summed E-state index contributed by atoms with van der Waals surface area (Å²) in [6.45, 7) is 4.71. The summed E-state index contributed by atoms with van der Waals surface area (Å²) in [5.41, 5.74) is 22.4. The first-order chi connectivity index (χ1) is 29.4. The summed E-state index contributed by atoms with van der Waals surface area (Å²) >= 11 is 0. The monoisotopic (exact) mass is 758 g/mol. The van der Waals surface area contributed by atoms with Crippen molar-refractivity contribution in [3.8, 4) is 44.5 Å². The molecule has 1 spiro atoms. The van der Waals surface area contributed by atoms with Gasteiger partial charge in [-0.15, -0.1) is 0 Å². The van der Waals surface area contributed by atoms with Gasteiger partial charge in [-0.05, 0) is 139 Å². The molecule has 0 aromatic heterocycles. The van der Waals surface area contributed by atoms with Crippen LogP contribution in [0.2, 0.25) is 0 Å². The maximum absolute atomic E-state index is 9.19. The molecule has 4 aliphatic rings. The minimum atomic E-state index is -0.453. The van der Waals surface area contributed by atoms with Gasteiger partial charge in [0.05, 0.1) is 5.41 Å². The van der Waals surface area contributed by atoms with Gasteiger partial charge in [-0.2, -0.15) is 0 Å². The van der Waals surface area contributed by atoms with Crippen LogP contribution in [0, 0.1) is 0 Å². The van der Waals surface area contributed by atoms with E-state index in [1.165, 1.54) is 84.3 Å². The molecule has 0 heterocycles. The first-order valence-electron chi connectivity index (χ1n) is 22.1. The van der Waals surface area contributed by atoms with Gasteiger partial charge < -0.3 is 4.90 Å². The smallest absolute Gasteiger partial charge is 0.0726 e. The molecule has 0 atom stereocenters. The molecule has 284 valence electrons. The van der Waals surface area contributed by atoms with E-state index < -0.39 is 11.3 Å². The summed E-state index contributed by atoms with van der Waals surface area (Å²) in [6.07, 6.45) is 5.46. The third kappa shape index (κ3) is 4.97. The Morgan fingerprint density at radius 2 is 0.847 bits per heavy atom. The lowest BCUT2D eigenvalue weighted by Crippen LogP contribution is -2.26. The van der Waals surface area contributed by atoms with Crippen molar-refractivity contribution in [3.63, 3.8) is 0 Å². The topological polar surface area (TPSA) is 3.24 Å². The lowest BCUT2D eigenvalue weighted by Gasteiger charge is -2.32. The van der Waals surface area contributed by atoms with Gasteiger partial charge >= 0.3 is 0 Å². The van der Waals surface area contributed by atoms with Crippen molar-refractivity contribution in [2.75, 3.05) is 4.90 Å². The molecular formula is C58H47N. The van der Waals surface area contributed by atoms with Crippen molar-refractivity contribution in [1.82, 2.24) is 0 Å². The van der Waals surface area contributed by atoms with E-state index in [4.69, 9.17) is 0 Å². The maximum Gasteiger partial charge on any atom is 0.0726 e. The Kier molecular flexibility index (Phi) is 7.41. The van der Waals surface area contributed by atoms with Crippen LogP contribution in [-0.2, 0) is 10.8 Å². The van der Waals surface area contributed by atoms with Crippen molar-refractivity contribution in [1.29, 1.82) is 0 Å². The number of benzene rings is 8. The Hall–Kier alpha value is -6.44. The van der Waals surface area contributed by atoms with E-state index in [0.717, 1.165) is 48.3 Å². The van der Waals surface area contributed by atoms with Gasteiger partial charge in [0.1, 0.15) is 0 Å². The Bertz CT molecular complexity index is 2940. The van der Waals surface area contributed by atoms with Crippen LogP contribution < -0.4 is 4.90 Å². The van der Waals surface area contributed by atoms with Crippen LogP contribution in [-0.4, -0.2) is 0 Å². The van der Waals surface area contributed by atoms with E-state index >= 15 is 0 Å². The molecule has 0 N–H and O–H groups in total. The maximum atomic E-state index is 9.19. The zero-order valence-corrected chi connectivity index (χ0v) is 33.8. The number of anilines is 3. The minimum Gasteiger partial charge on any atom is -0.310 e. The highest BCUT2D eigenvalue weighted by Gasteiger charge is 2.51. The SMILES string of the molecule is [2H]C1(c2ccc(-c3ccc(N(c4ccc5c(c4)-c4ccccc4C5(C)C)c4ccc5c(c4)C4(c6ccccc6-c6ccccc64)c4ccccc4-5)cc3)cc2)CCCCC1. The second-order valence-electron chi connectivity index (χ2n) is 17.6. The van der Waals surface area contributed by atoms with Gasteiger partial charge in [0.15, 0.2) is 0 Å². The van der Waals surface area contributed by atoms with Crippen molar-refractivity contribution >= 4 is 17.1 Å². The molecule has 59 heavy (non-hydrogen) atoms. The predicted molar refractivity (Wildman–Crippen MR) is 246 cm³/mol. The van der Waals surface area contributed by atoms with Crippen LogP contribution in [0.15, 0.2) is 182 Å². The molecule has 0 bridgehead atoms. The van der Waals surface area contributed by atoms with Crippen molar-refractivity contribution in [2.24, 2.45) is 0 Å². The van der Waals surface area contributed by atoms with Crippen LogP contribution >= 0.6 is 0 Å². The first kappa shape index (κ1) is 33.5. The summed E-state index contributed by atoms with van der Waals surface area (Å²) in [7, 11) is 0. The molecule has 1 fully saturated rings. The van der Waals surface area contributed by atoms with E-state index in [-0.39, 0.29) is 5.41 Å². The molecule has 8 aromatic rings. The Balaban J connectivity index is 1.03. The molecule has 8 aromatic carbocycles. The molecule has 0 saturated heterocycles. The highest BCUT2D eigenvalue weighted by molar-refractivity contribution is 5.96. The third-order valence-corrected chi connectivity index (χ3v) is 14.3. The molecule has 4 aliphatic carbocycles. The lowest BCUT2D eigenvalue weighted by molar-refractivity contribution is 0.443. The Morgan fingerprint density at radius 1 is 0.407 bits per heavy atom. The van der Waals surface area contributed by atoms with Gasteiger partial charge in [0, 0.05) is 23.8 Å². The largest absolute Gasteiger partial charge is 0.310 e. The standard InChI is InChI=1S/C58H47N/c1-57(2)51-20-10-6-19-48(51)50-36-43(33-35-52(50)57)59(42-30-28-41(29-31-42)40-26-24-39(25-27-40)38-14-4-3-5-15-38)44-32-34-49-47-18-9-13-23-55(47)58(56(49)37-44)53-21-11-7-16-45(53)46-17-8-12-22-54(46)58/h6-13,16-38H,3-5,14-15H2,1-2H3/i38D. The summed E-state index contributed by atoms with van der Waals surface area (Å²) in [5.74, 6) is -0.453. The van der Waals surface area contributed by atoms with Crippen molar-refractivity contribution in [3.05, 3.63) is 221 Å². The molecule has 0 unspecified atom stereocenters. The summed E-state index contributed by atoms with van der Waals surface area (Å²) in [4.78, 5) is 2.47. The number of hydrogen-bond acceptors (Lipinski definition) is 1. The van der Waals surface area contributed by atoms with Crippen LogP contribution in [0.5, 0.6) is 0 Å². The average molecular weight is 759 g/mol. The highest BCUT2D eigenvalue weighted by atomic mass is 15.1. The molecule has 1 nitrogen and oxygen atoms in total. The highest BCUT2D eigenvalue weighted by Crippen LogP contribution is 2.63. The second kappa shape index (κ2) is 13.0. The van der Waals surface area contributed by atoms with Gasteiger partial charge in [-0.25, -0.2) is 0 Å². The zero-order chi connectivity index (χ0) is 40.2. The van der Waals surface area contributed by atoms with E-state index in [9.17, 15) is 1.37 Å². The van der Waals surface area contributed by atoms with Crippen LogP contribution in [0.25, 0.3) is 44.5 Å². The van der Waals surface area contributed by atoms with Crippen LogP contribution in [0.1, 0.15) is 92.2 Å². The fourth-order valence-corrected chi connectivity index (χ4v) is 11.5. The van der Waals surface area contributed by atoms with Gasteiger partial charge in [0.25, 0.3) is 0 Å². The molecule has 0 amide bonds. The predicted octanol–water partition coefficient (Wildman–Crippen LogP) is 15.5. The molecule has 12 rings (SSSR count). The molecule has 0 aliphatic heterocycles. The van der Waals surface area contributed by atoms with Crippen molar-refractivity contribution < 1.29 is 1.37 Å². The number of nitrogens with zero attached hydrogens (tertiary/aromatic N) is 1. The summed E-state index contributed by atoms with van der Waals surface area (Å²) in [6, 6.07) is 68.4. The number of fused-ring (bicyclic) bond motifs is 13. The summed E-state index contributed by atoms with van der Waals surface area (Å²) < 4.78 is 9.19. The fourth-order valence-electron chi connectivity index (χ4n) is 11.5. The number of rotatable bonds is 5. The molecular weight excluding hydrogens is 711 g/mol. The van der Waals surface area contributed by atoms with Gasteiger partial charge in [-0.1, -0.05) is 179 Å². The van der Waals surface area contributed by atoms with E-state index in [1.54, 1.807) is 0 Å². The molecule has 0 radical (unpaired) electrons.